The van der Waals surface area contributed by atoms with Crippen LogP contribution in [0.25, 0.3) is 10.2 Å². The van der Waals surface area contributed by atoms with Gasteiger partial charge in [-0.05, 0) is 24.3 Å². The van der Waals surface area contributed by atoms with Crippen LogP contribution < -0.4 is 5.32 Å². The maximum atomic E-state index is 12.9. The maximum Gasteiger partial charge on any atom is 0.270 e. The van der Waals surface area contributed by atoms with E-state index in [1.165, 1.54) is 29.5 Å². The molecule has 1 amide bonds. The first kappa shape index (κ1) is 12.7. The molecule has 0 bridgehead atoms. The number of rotatable bonds is 3. The average molecular weight is 287 g/mol. The summed E-state index contributed by atoms with van der Waals surface area (Å²) in [6, 6.07) is 11.9. The van der Waals surface area contributed by atoms with Crippen LogP contribution >= 0.6 is 11.3 Å². The third kappa shape index (κ3) is 2.65. The maximum absolute atomic E-state index is 12.9. The molecule has 3 aromatic rings. The van der Waals surface area contributed by atoms with Crippen molar-refractivity contribution >= 4 is 27.5 Å². The molecule has 0 radical (unpaired) electrons. The van der Waals surface area contributed by atoms with Crippen LogP contribution in [0.3, 0.4) is 0 Å². The normalized spacial score (nSPS) is 10.7. The summed E-state index contributed by atoms with van der Waals surface area (Å²) in [5.74, 6) is -1.08. The van der Waals surface area contributed by atoms with E-state index in [4.69, 9.17) is 0 Å². The molecule has 100 valence electrons. The Bertz CT molecular complexity index is 739. The summed E-state index contributed by atoms with van der Waals surface area (Å²) in [5, 5.41) is 3.49. The molecular weight excluding hydrogens is 277 g/mol. The van der Waals surface area contributed by atoms with Gasteiger partial charge in [0, 0.05) is 0 Å². The zero-order valence-electron chi connectivity index (χ0n) is 10.3. The summed E-state index contributed by atoms with van der Waals surface area (Å²) in [6.07, 6.45) is 0. The van der Waals surface area contributed by atoms with Gasteiger partial charge >= 0.3 is 0 Å². The van der Waals surface area contributed by atoms with Gasteiger partial charge in [-0.2, -0.15) is 4.39 Å². The molecule has 0 spiro atoms. The zero-order valence-corrected chi connectivity index (χ0v) is 11.2. The number of para-hydroxylation sites is 1. The Kier molecular flexibility index (Phi) is 3.39. The number of aromatic nitrogens is 2. The lowest BCUT2D eigenvalue weighted by Crippen LogP contribution is -2.23. The second kappa shape index (κ2) is 5.34. The molecule has 0 saturated carbocycles. The van der Waals surface area contributed by atoms with Crippen molar-refractivity contribution in [3.8, 4) is 0 Å². The van der Waals surface area contributed by atoms with Crippen LogP contribution in [0.2, 0.25) is 0 Å². The monoisotopic (exact) mass is 287 g/mol. The number of hydrogen-bond acceptors (Lipinski definition) is 4. The Hall–Kier alpha value is -2.34. The molecule has 0 aliphatic rings. The summed E-state index contributed by atoms with van der Waals surface area (Å²) >= 11 is 1.52. The lowest BCUT2D eigenvalue weighted by atomic mass is 10.3. The van der Waals surface area contributed by atoms with Gasteiger partial charge < -0.3 is 5.32 Å². The van der Waals surface area contributed by atoms with Crippen LogP contribution in [0.4, 0.5) is 4.39 Å². The van der Waals surface area contributed by atoms with Crippen LogP contribution in [0.15, 0.2) is 42.5 Å². The molecular formula is C14H10FN3OS. The van der Waals surface area contributed by atoms with E-state index in [0.29, 0.717) is 6.54 Å². The van der Waals surface area contributed by atoms with E-state index in [-0.39, 0.29) is 5.69 Å². The van der Waals surface area contributed by atoms with Gasteiger partial charge in [-0.3, -0.25) is 4.79 Å². The minimum Gasteiger partial charge on any atom is -0.344 e. The Morgan fingerprint density at radius 3 is 2.80 bits per heavy atom. The highest BCUT2D eigenvalue weighted by Gasteiger charge is 2.09. The van der Waals surface area contributed by atoms with Gasteiger partial charge in [-0.1, -0.05) is 18.2 Å². The van der Waals surface area contributed by atoms with E-state index in [1.54, 1.807) is 0 Å². The highest BCUT2D eigenvalue weighted by Crippen LogP contribution is 2.21. The molecule has 0 unspecified atom stereocenters. The van der Waals surface area contributed by atoms with E-state index < -0.39 is 11.9 Å². The van der Waals surface area contributed by atoms with Gasteiger partial charge in [0.05, 0.1) is 16.8 Å². The zero-order chi connectivity index (χ0) is 13.9. The van der Waals surface area contributed by atoms with Crippen LogP contribution in [0.1, 0.15) is 15.5 Å². The number of amides is 1. The predicted molar refractivity (Wildman–Crippen MR) is 75.0 cm³/mol. The summed E-state index contributed by atoms with van der Waals surface area (Å²) in [7, 11) is 0. The fourth-order valence-corrected chi connectivity index (χ4v) is 2.68. The van der Waals surface area contributed by atoms with Gasteiger partial charge in [0.1, 0.15) is 10.7 Å². The highest BCUT2D eigenvalue weighted by atomic mass is 32.1. The number of fused-ring (bicyclic) bond motifs is 1. The standard InChI is InChI=1S/C14H10FN3OS/c15-12-7-3-5-10(17-12)14(19)16-8-13-18-9-4-1-2-6-11(9)20-13/h1-7H,8H2,(H,16,19). The molecule has 0 saturated heterocycles. The van der Waals surface area contributed by atoms with Gasteiger partial charge in [-0.25, -0.2) is 9.97 Å². The molecule has 6 heteroatoms. The van der Waals surface area contributed by atoms with Crippen LogP contribution in [-0.4, -0.2) is 15.9 Å². The summed E-state index contributed by atoms with van der Waals surface area (Å²) in [4.78, 5) is 19.8. The van der Waals surface area contributed by atoms with E-state index >= 15 is 0 Å². The first-order valence-electron chi connectivity index (χ1n) is 5.97. The van der Waals surface area contributed by atoms with Crippen LogP contribution in [0, 0.1) is 5.95 Å². The number of pyridine rings is 1. The van der Waals surface area contributed by atoms with Crippen LogP contribution in [-0.2, 0) is 6.54 Å². The smallest absolute Gasteiger partial charge is 0.270 e. The van der Waals surface area contributed by atoms with Crippen molar-refractivity contribution < 1.29 is 9.18 Å². The molecule has 0 fully saturated rings. The molecule has 3 rings (SSSR count). The largest absolute Gasteiger partial charge is 0.344 e. The van der Waals surface area contributed by atoms with Crippen molar-refractivity contribution in [1.29, 1.82) is 0 Å². The lowest BCUT2D eigenvalue weighted by molar-refractivity contribution is 0.0944. The minimum atomic E-state index is -0.669. The number of thiazole rings is 1. The van der Waals surface area contributed by atoms with E-state index in [0.717, 1.165) is 15.2 Å². The number of benzene rings is 1. The van der Waals surface area contributed by atoms with Crippen molar-refractivity contribution in [3.63, 3.8) is 0 Å². The number of carbonyl (C=O) groups excluding carboxylic acids is 1. The molecule has 1 N–H and O–H groups in total. The molecule has 0 aliphatic heterocycles. The summed E-state index contributed by atoms with van der Waals surface area (Å²) in [5.41, 5.74) is 0.969. The van der Waals surface area contributed by atoms with Crippen molar-refractivity contribution in [2.24, 2.45) is 0 Å². The SMILES string of the molecule is O=C(NCc1nc2ccccc2s1)c1cccc(F)n1. The number of halogens is 1. The predicted octanol–water partition coefficient (Wildman–Crippen LogP) is 2.76. The first-order chi connectivity index (χ1) is 9.72. The van der Waals surface area contributed by atoms with Crippen molar-refractivity contribution in [1.82, 2.24) is 15.3 Å². The molecule has 1 aromatic carbocycles. The second-order valence-electron chi connectivity index (χ2n) is 4.10. The molecule has 0 aliphatic carbocycles. The van der Waals surface area contributed by atoms with Crippen molar-refractivity contribution in [3.05, 3.63) is 59.1 Å². The third-order valence-corrected chi connectivity index (χ3v) is 3.72. The fraction of sp³-hybridized carbons (Fsp3) is 0.0714. The van der Waals surface area contributed by atoms with E-state index in [2.05, 4.69) is 15.3 Å². The Balaban J connectivity index is 1.71. The topological polar surface area (TPSA) is 54.9 Å². The minimum absolute atomic E-state index is 0.0612. The number of hydrogen-bond donors (Lipinski definition) is 1. The average Bonchev–Trinajstić information content (AvgIpc) is 2.87. The number of nitrogens with zero attached hydrogens (tertiary/aromatic N) is 2. The Labute approximate surface area is 118 Å². The van der Waals surface area contributed by atoms with E-state index in [9.17, 15) is 9.18 Å². The first-order valence-corrected chi connectivity index (χ1v) is 6.79. The summed E-state index contributed by atoms with van der Waals surface area (Å²) < 4.78 is 14.0. The van der Waals surface area contributed by atoms with Crippen molar-refractivity contribution in [2.45, 2.75) is 6.54 Å². The van der Waals surface area contributed by atoms with Crippen molar-refractivity contribution in [2.75, 3.05) is 0 Å². The number of carbonyl (C=O) groups is 1. The highest BCUT2D eigenvalue weighted by molar-refractivity contribution is 7.18. The third-order valence-electron chi connectivity index (χ3n) is 2.69. The van der Waals surface area contributed by atoms with Gasteiger partial charge in [0.15, 0.2) is 0 Å². The quantitative estimate of drug-likeness (QED) is 0.754. The Morgan fingerprint density at radius 2 is 2.00 bits per heavy atom. The lowest BCUT2D eigenvalue weighted by Gasteiger charge is -2.01. The van der Waals surface area contributed by atoms with E-state index in [1.807, 2.05) is 24.3 Å². The summed E-state index contributed by atoms with van der Waals surface area (Å²) in [6.45, 7) is 0.302. The van der Waals surface area contributed by atoms with Gasteiger partial charge in [-0.15, -0.1) is 11.3 Å². The fourth-order valence-electron chi connectivity index (χ4n) is 1.78. The Morgan fingerprint density at radius 1 is 1.15 bits per heavy atom. The number of nitrogens with one attached hydrogen (secondary N) is 1. The van der Waals surface area contributed by atoms with Gasteiger partial charge in [0.2, 0.25) is 5.95 Å². The van der Waals surface area contributed by atoms with Gasteiger partial charge in [0.25, 0.3) is 5.91 Å². The van der Waals surface area contributed by atoms with Crippen LogP contribution in [0.5, 0.6) is 0 Å². The molecule has 2 heterocycles. The molecule has 20 heavy (non-hydrogen) atoms. The second-order valence-corrected chi connectivity index (χ2v) is 5.22. The molecule has 4 nitrogen and oxygen atoms in total. The molecule has 0 atom stereocenters. The molecule has 2 aromatic heterocycles.